The van der Waals surface area contributed by atoms with Gasteiger partial charge in [0.25, 0.3) is 0 Å². The Bertz CT molecular complexity index is 133. The van der Waals surface area contributed by atoms with Gasteiger partial charge in [-0.05, 0) is 57.7 Å². The summed E-state index contributed by atoms with van der Waals surface area (Å²) in [5, 5.41) is 3.32. The fourth-order valence-electron chi connectivity index (χ4n) is 2.28. The van der Waals surface area contributed by atoms with Crippen LogP contribution in [0.1, 0.15) is 26.2 Å². The Labute approximate surface area is 80.1 Å². The van der Waals surface area contributed by atoms with Crippen molar-refractivity contribution in [2.45, 2.75) is 32.4 Å². The van der Waals surface area contributed by atoms with Gasteiger partial charge in [0.2, 0.25) is 0 Å². The van der Waals surface area contributed by atoms with Gasteiger partial charge in [-0.1, -0.05) is 0 Å². The van der Waals surface area contributed by atoms with Crippen molar-refractivity contribution in [2.24, 2.45) is 17.6 Å². The van der Waals surface area contributed by atoms with E-state index in [4.69, 9.17) is 5.73 Å². The quantitative estimate of drug-likeness (QED) is 0.698. The van der Waals surface area contributed by atoms with Gasteiger partial charge in [0.1, 0.15) is 6.17 Å². The molecule has 0 bridgehead atoms. The van der Waals surface area contributed by atoms with Crippen LogP contribution in [-0.2, 0) is 0 Å². The predicted molar refractivity (Wildman–Crippen MR) is 53.3 cm³/mol. The predicted octanol–water partition coefficient (Wildman–Crippen LogP) is 1.31. The van der Waals surface area contributed by atoms with Gasteiger partial charge in [-0.3, -0.25) is 0 Å². The molecule has 1 aliphatic rings. The van der Waals surface area contributed by atoms with E-state index < -0.39 is 6.17 Å². The molecule has 3 N–H and O–H groups in total. The Hall–Kier alpha value is -0.150. The molecule has 1 aliphatic heterocycles. The summed E-state index contributed by atoms with van der Waals surface area (Å²) in [6.07, 6.45) is 2.45. The normalized spacial score (nSPS) is 28.4. The smallest absolute Gasteiger partial charge is 0.100 e. The highest BCUT2D eigenvalue weighted by Gasteiger charge is 2.27. The van der Waals surface area contributed by atoms with E-state index in [1.54, 1.807) is 6.92 Å². The number of piperidine rings is 1. The number of nitrogens with one attached hydrogen (secondary N) is 1. The molecule has 13 heavy (non-hydrogen) atoms. The van der Waals surface area contributed by atoms with Gasteiger partial charge in [-0.15, -0.1) is 0 Å². The molecule has 0 aromatic heterocycles. The van der Waals surface area contributed by atoms with Crippen molar-refractivity contribution in [3.63, 3.8) is 0 Å². The van der Waals surface area contributed by atoms with Crippen LogP contribution in [0.15, 0.2) is 0 Å². The Morgan fingerprint density at radius 3 is 2.85 bits per heavy atom. The minimum Gasteiger partial charge on any atom is -0.330 e. The summed E-state index contributed by atoms with van der Waals surface area (Å²) < 4.78 is 13.3. The zero-order valence-electron chi connectivity index (χ0n) is 8.43. The molecule has 0 radical (unpaired) electrons. The average Bonchev–Trinajstić information content (AvgIpc) is 2.15. The van der Waals surface area contributed by atoms with E-state index in [0.29, 0.717) is 12.5 Å². The molecule has 78 valence electrons. The molecule has 0 aromatic rings. The number of hydrogen-bond donors (Lipinski definition) is 2. The molecule has 0 aliphatic carbocycles. The molecule has 0 spiro atoms. The maximum atomic E-state index is 13.3. The van der Waals surface area contributed by atoms with Gasteiger partial charge in [0.05, 0.1) is 0 Å². The monoisotopic (exact) mass is 188 g/mol. The molecule has 3 unspecified atom stereocenters. The topological polar surface area (TPSA) is 38.0 Å². The van der Waals surface area contributed by atoms with Crippen LogP contribution in [0.2, 0.25) is 0 Å². The van der Waals surface area contributed by atoms with Crippen molar-refractivity contribution >= 4 is 0 Å². The van der Waals surface area contributed by atoms with Gasteiger partial charge in [-0.25, -0.2) is 4.39 Å². The molecule has 1 saturated heterocycles. The second kappa shape index (κ2) is 5.55. The summed E-state index contributed by atoms with van der Waals surface area (Å²) in [5.74, 6) is 0.662. The number of alkyl halides is 1. The van der Waals surface area contributed by atoms with E-state index in [-0.39, 0.29) is 5.92 Å². The van der Waals surface area contributed by atoms with E-state index in [2.05, 4.69) is 5.32 Å². The standard InChI is InChI=1S/C10H21FN2/c1-8(11)10(4-5-12)9-3-2-6-13-7-9/h8-10,13H,2-7,12H2,1H3. The molecule has 0 saturated carbocycles. The maximum absolute atomic E-state index is 13.3. The lowest BCUT2D eigenvalue weighted by atomic mass is 9.81. The fourth-order valence-corrected chi connectivity index (χ4v) is 2.28. The molecule has 3 heteroatoms. The largest absolute Gasteiger partial charge is 0.330 e. The van der Waals surface area contributed by atoms with Crippen molar-refractivity contribution in [1.82, 2.24) is 5.32 Å². The van der Waals surface area contributed by atoms with E-state index in [9.17, 15) is 4.39 Å². The zero-order valence-corrected chi connectivity index (χ0v) is 8.43. The molecule has 0 amide bonds. The van der Waals surface area contributed by atoms with Crippen molar-refractivity contribution in [3.05, 3.63) is 0 Å². The summed E-state index contributed by atoms with van der Waals surface area (Å²) in [4.78, 5) is 0. The Balaban J connectivity index is 2.41. The Morgan fingerprint density at radius 2 is 2.38 bits per heavy atom. The van der Waals surface area contributed by atoms with E-state index in [1.807, 2.05) is 0 Å². The highest BCUT2D eigenvalue weighted by molar-refractivity contribution is 4.79. The molecule has 1 heterocycles. The third-order valence-electron chi connectivity index (χ3n) is 3.03. The lowest BCUT2D eigenvalue weighted by Crippen LogP contribution is -2.37. The second-order valence-electron chi connectivity index (χ2n) is 4.03. The average molecular weight is 188 g/mol. The minimum absolute atomic E-state index is 0.165. The van der Waals surface area contributed by atoms with E-state index >= 15 is 0 Å². The van der Waals surface area contributed by atoms with E-state index in [0.717, 1.165) is 25.9 Å². The van der Waals surface area contributed by atoms with Crippen LogP contribution in [0.5, 0.6) is 0 Å². The first-order valence-corrected chi connectivity index (χ1v) is 5.30. The number of halogens is 1. The Kier molecular flexibility index (Phi) is 4.67. The molecular formula is C10H21FN2. The van der Waals surface area contributed by atoms with Crippen LogP contribution in [0.4, 0.5) is 4.39 Å². The molecule has 1 fully saturated rings. The van der Waals surface area contributed by atoms with Gasteiger partial charge in [-0.2, -0.15) is 0 Å². The Morgan fingerprint density at radius 1 is 1.62 bits per heavy atom. The van der Waals surface area contributed by atoms with Gasteiger partial charge in [0.15, 0.2) is 0 Å². The first kappa shape index (κ1) is 10.9. The lowest BCUT2D eigenvalue weighted by molar-refractivity contribution is 0.148. The SMILES string of the molecule is CC(F)C(CCN)C1CCCNC1. The van der Waals surface area contributed by atoms with E-state index in [1.165, 1.54) is 6.42 Å². The van der Waals surface area contributed by atoms with Crippen LogP contribution >= 0.6 is 0 Å². The number of hydrogen-bond acceptors (Lipinski definition) is 2. The lowest BCUT2D eigenvalue weighted by Gasteiger charge is -2.31. The van der Waals surface area contributed by atoms with Crippen LogP contribution in [0.3, 0.4) is 0 Å². The second-order valence-corrected chi connectivity index (χ2v) is 4.03. The highest BCUT2D eigenvalue weighted by Crippen LogP contribution is 2.26. The first-order chi connectivity index (χ1) is 6.25. The molecule has 2 nitrogen and oxygen atoms in total. The summed E-state index contributed by atoms with van der Waals surface area (Å²) in [5.41, 5.74) is 5.49. The van der Waals surface area contributed by atoms with Gasteiger partial charge < -0.3 is 11.1 Å². The number of nitrogens with two attached hydrogens (primary N) is 1. The number of rotatable bonds is 4. The molecule has 0 aromatic carbocycles. The van der Waals surface area contributed by atoms with Crippen LogP contribution in [0, 0.1) is 11.8 Å². The van der Waals surface area contributed by atoms with Crippen LogP contribution < -0.4 is 11.1 Å². The summed E-state index contributed by atoms with van der Waals surface area (Å²) in [6, 6.07) is 0. The van der Waals surface area contributed by atoms with Crippen LogP contribution in [0.25, 0.3) is 0 Å². The van der Waals surface area contributed by atoms with Crippen molar-refractivity contribution in [1.29, 1.82) is 0 Å². The maximum Gasteiger partial charge on any atom is 0.100 e. The van der Waals surface area contributed by atoms with Crippen molar-refractivity contribution < 1.29 is 4.39 Å². The van der Waals surface area contributed by atoms with Crippen molar-refractivity contribution in [2.75, 3.05) is 19.6 Å². The first-order valence-electron chi connectivity index (χ1n) is 5.30. The summed E-state index contributed by atoms with van der Waals surface area (Å²) in [7, 11) is 0. The van der Waals surface area contributed by atoms with Gasteiger partial charge in [0, 0.05) is 0 Å². The molecule has 1 rings (SSSR count). The van der Waals surface area contributed by atoms with Crippen molar-refractivity contribution in [3.8, 4) is 0 Å². The highest BCUT2D eigenvalue weighted by atomic mass is 19.1. The van der Waals surface area contributed by atoms with Gasteiger partial charge >= 0.3 is 0 Å². The third kappa shape index (κ3) is 3.24. The minimum atomic E-state index is -0.714. The zero-order chi connectivity index (χ0) is 9.68. The third-order valence-corrected chi connectivity index (χ3v) is 3.03. The summed E-state index contributed by atoms with van der Waals surface area (Å²) in [6.45, 7) is 4.33. The molecular weight excluding hydrogens is 167 g/mol. The van der Waals surface area contributed by atoms with Crippen LogP contribution in [-0.4, -0.2) is 25.8 Å². The summed E-state index contributed by atoms with van der Waals surface area (Å²) >= 11 is 0. The molecule has 3 atom stereocenters. The fraction of sp³-hybridized carbons (Fsp3) is 1.00.